The maximum absolute atomic E-state index is 12.8. The monoisotopic (exact) mass is 417 g/mol. The van der Waals surface area contributed by atoms with Crippen LogP contribution in [-0.2, 0) is 16.1 Å². The Balaban J connectivity index is 1.30. The van der Waals surface area contributed by atoms with E-state index in [0.717, 1.165) is 30.0 Å². The molecule has 0 radical (unpaired) electrons. The normalized spacial score (nSPS) is 22.0. The second-order valence-electron chi connectivity index (χ2n) is 8.75. The topological polar surface area (TPSA) is 105 Å². The molecule has 9 nitrogen and oxygen atoms in total. The van der Waals surface area contributed by atoms with E-state index >= 15 is 0 Å². The summed E-state index contributed by atoms with van der Waals surface area (Å²) in [4.78, 5) is 38.8. The quantitative estimate of drug-likeness (QED) is 0.573. The van der Waals surface area contributed by atoms with E-state index in [-0.39, 0.29) is 11.8 Å². The number of aryl methyl sites for hydroxylation is 1. The molecule has 2 amide bonds. The number of amides is 2. The maximum atomic E-state index is 12.8. The van der Waals surface area contributed by atoms with Gasteiger partial charge in [-0.3, -0.25) is 9.59 Å². The van der Waals surface area contributed by atoms with Gasteiger partial charge in [-0.15, -0.1) is 0 Å². The lowest BCUT2D eigenvalue weighted by atomic mass is 10.1. The lowest BCUT2D eigenvalue weighted by Crippen LogP contribution is -2.28. The molecule has 1 saturated heterocycles. The van der Waals surface area contributed by atoms with Crippen molar-refractivity contribution < 1.29 is 9.59 Å². The molecule has 158 valence electrons. The number of imidazole rings is 1. The number of hydrogen-bond donors (Lipinski definition) is 2. The van der Waals surface area contributed by atoms with E-state index in [2.05, 4.69) is 37.3 Å². The Kier molecular flexibility index (Phi) is 3.99. The summed E-state index contributed by atoms with van der Waals surface area (Å²) in [5.41, 5.74) is 3.89. The molecule has 2 unspecified atom stereocenters. The summed E-state index contributed by atoms with van der Waals surface area (Å²) in [5.74, 6) is 3.19. The largest absolute Gasteiger partial charge is 0.364 e. The van der Waals surface area contributed by atoms with Gasteiger partial charge >= 0.3 is 0 Å². The molecule has 2 atom stereocenters. The third kappa shape index (κ3) is 3.30. The highest BCUT2D eigenvalue weighted by Crippen LogP contribution is 2.49. The van der Waals surface area contributed by atoms with Gasteiger partial charge in [-0.1, -0.05) is 0 Å². The summed E-state index contributed by atoms with van der Waals surface area (Å²) >= 11 is 0. The molecule has 6 rings (SSSR count). The number of carbonyl (C=O) groups is 2. The second kappa shape index (κ2) is 6.76. The van der Waals surface area contributed by atoms with Crippen molar-refractivity contribution in [2.24, 2.45) is 11.8 Å². The Morgan fingerprint density at radius 3 is 2.74 bits per heavy atom. The predicted octanol–water partition coefficient (Wildman–Crippen LogP) is 2.47. The lowest BCUT2D eigenvalue weighted by Gasteiger charge is -2.20. The molecule has 2 aliphatic carbocycles. The Hall–Kier alpha value is -3.49. The molecule has 3 fully saturated rings. The molecule has 4 heterocycles. The first-order valence-electron chi connectivity index (χ1n) is 10.7. The van der Waals surface area contributed by atoms with Gasteiger partial charge in [0.25, 0.3) is 0 Å². The number of carbonyl (C=O) groups excluding carboxylic acids is 2. The van der Waals surface area contributed by atoms with E-state index in [0.29, 0.717) is 42.3 Å². The molecular formula is C22H23N7O2. The Morgan fingerprint density at radius 2 is 2.00 bits per heavy atom. The van der Waals surface area contributed by atoms with Crippen LogP contribution in [0.3, 0.4) is 0 Å². The summed E-state index contributed by atoms with van der Waals surface area (Å²) in [6.45, 7) is 3.05. The summed E-state index contributed by atoms with van der Waals surface area (Å²) in [5, 5.41) is 5.81. The van der Waals surface area contributed by atoms with Crippen LogP contribution in [0.25, 0.3) is 5.65 Å². The third-order valence-corrected chi connectivity index (χ3v) is 6.36. The molecule has 31 heavy (non-hydrogen) atoms. The van der Waals surface area contributed by atoms with Gasteiger partial charge in [0.1, 0.15) is 17.5 Å². The van der Waals surface area contributed by atoms with Crippen molar-refractivity contribution in [3.8, 4) is 0 Å². The van der Waals surface area contributed by atoms with Crippen LogP contribution in [-0.4, -0.2) is 38.2 Å². The van der Waals surface area contributed by atoms with E-state index in [4.69, 9.17) is 4.98 Å². The van der Waals surface area contributed by atoms with E-state index in [1.54, 1.807) is 13.0 Å². The summed E-state index contributed by atoms with van der Waals surface area (Å²) in [7, 11) is 0. The molecule has 0 spiro atoms. The number of fused-ring (bicyclic) bond motifs is 2. The molecule has 9 heteroatoms. The first-order chi connectivity index (χ1) is 15.1. The minimum atomic E-state index is 0.218. The molecule has 3 aliphatic rings. The number of rotatable bonds is 7. The lowest BCUT2D eigenvalue weighted by molar-refractivity contribution is -0.118. The zero-order valence-electron chi connectivity index (χ0n) is 17.2. The fraction of sp³-hybridized carbons (Fsp3) is 0.409. The second-order valence-corrected chi connectivity index (χ2v) is 8.75. The number of nitrogens with zero attached hydrogens (tertiary/aromatic N) is 5. The summed E-state index contributed by atoms with van der Waals surface area (Å²) in [6.07, 6.45) is 8.20. The van der Waals surface area contributed by atoms with E-state index in [1.807, 2.05) is 11.1 Å². The van der Waals surface area contributed by atoms with Crippen molar-refractivity contribution in [3.63, 3.8) is 0 Å². The van der Waals surface area contributed by atoms with Gasteiger partial charge in [-0.25, -0.2) is 15.0 Å². The predicted molar refractivity (Wildman–Crippen MR) is 115 cm³/mol. The molecule has 2 N–H and O–H groups in total. The smallest absolute Gasteiger partial charge is 0.230 e. The van der Waals surface area contributed by atoms with E-state index in [9.17, 15) is 9.59 Å². The molecule has 3 aromatic heterocycles. The van der Waals surface area contributed by atoms with Gasteiger partial charge in [0.05, 0.1) is 17.9 Å². The number of anilines is 3. The zero-order valence-corrected chi connectivity index (χ0v) is 17.2. The summed E-state index contributed by atoms with van der Waals surface area (Å²) < 4.78 is 2.06. The standard InChI is InChI=1S/C22H23N7O2/c1-12-25-19(6-20(26-12)24-11-30)23-7-16-10-28-8-14(13-2-3-13)5-18(21(28)27-16)29-9-15-4-17(15)22(29)31/h5-6,8,10-11,13,15,17H,2-4,7,9H2,1H3,(H2,23,24,25,26,30). The third-order valence-electron chi connectivity index (χ3n) is 6.36. The molecule has 3 aromatic rings. The number of piperidine rings is 1. The van der Waals surface area contributed by atoms with Crippen LogP contribution < -0.4 is 15.5 Å². The molecule has 0 aromatic carbocycles. The van der Waals surface area contributed by atoms with E-state index < -0.39 is 0 Å². The van der Waals surface area contributed by atoms with Crippen molar-refractivity contribution in [2.45, 2.75) is 38.6 Å². The van der Waals surface area contributed by atoms with Crippen LogP contribution in [0.1, 0.15) is 42.3 Å². The van der Waals surface area contributed by atoms with Crippen molar-refractivity contribution in [3.05, 3.63) is 41.6 Å². The van der Waals surface area contributed by atoms with Crippen molar-refractivity contribution in [2.75, 3.05) is 22.1 Å². The summed E-state index contributed by atoms with van der Waals surface area (Å²) in [6, 6.07) is 3.86. The number of hydrogen-bond acceptors (Lipinski definition) is 6. The molecule has 1 aliphatic heterocycles. The van der Waals surface area contributed by atoms with Crippen molar-refractivity contribution >= 4 is 35.3 Å². The Labute approximate surface area is 178 Å². The minimum Gasteiger partial charge on any atom is -0.364 e. The maximum Gasteiger partial charge on any atom is 0.230 e. The minimum absolute atomic E-state index is 0.218. The number of nitrogens with one attached hydrogen (secondary N) is 2. The van der Waals surface area contributed by atoms with Gasteiger partial charge in [-0.2, -0.15) is 0 Å². The SMILES string of the molecule is Cc1nc(NC=O)cc(NCc2cn3cc(C4CC4)cc(N4CC5CC5C4=O)c3n2)n1. The Morgan fingerprint density at radius 1 is 1.16 bits per heavy atom. The van der Waals surface area contributed by atoms with Crippen LogP contribution in [0.5, 0.6) is 0 Å². The van der Waals surface area contributed by atoms with Gasteiger partial charge in [0.15, 0.2) is 5.65 Å². The highest BCUT2D eigenvalue weighted by molar-refractivity contribution is 6.02. The highest BCUT2D eigenvalue weighted by Gasteiger charge is 2.53. The van der Waals surface area contributed by atoms with Crippen LogP contribution in [0, 0.1) is 18.8 Å². The van der Waals surface area contributed by atoms with Gasteiger partial charge in [0.2, 0.25) is 12.3 Å². The fourth-order valence-corrected chi connectivity index (χ4v) is 4.54. The first kappa shape index (κ1) is 18.3. The molecule has 2 saturated carbocycles. The van der Waals surface area contributed by atoms with E-state index in [1.165, 1.54) is 18.4 Å². The highest BCUT2D eigenvalue weighted by atomic mass is 16.2. The molecule has 0 bridgehead atoms. The van der Waals surface area contributed by atoms with Crippen molar-refractivity contribution in [1.82, 2.24) is 19.4 Å². The fourth-order valence-electron chi connectivity index (χ4n) is 4.54. The van der Waals surface area contributed by atoms with Crippen LogP contribution >= 0.6 is 0 Å². The average molecular weight is 417 g/mol. The number of pyridine rings is 1. The van der Waals surface area contributed by atoms with Gasteiger partial charge < -0.3 is 19.9 Å². The van der Waals surface area contributed by atoms with Gasteiger partial charge in [-0.05, 0) is 49.7 Å². The van der Waals surface area contributed by atoms with Crippen LogP contribution in [0.15, 0.2) is 24.5 Å². The average Bonchev–Trinajstić information content (AvgIpc) is 3.66. The zero-order chi connectivity index (χ0) is 21.1. The van der Waals surface area contributed by atoms with Crippen LogP contribution in [0.2, 0.25) is 0 Å². The number of aromatic nitrogens is 4. The van der Waals surface area contributed by atoms with Gasteiger partial charge in [0, 0.05) is 30.9 Å². The van der Waals surface area contributed by atoms with Crippen molar-refractivity contribution in [1.29, 1.82) is 0 Å². The molecular weight excluding hydrogens is 394 g/mol. The first-order valence-corrected chi connectivity index (χ1v) is 10.7. The Bertz CT molecular complexity index is 1220. The van der Waals surface area contributed by atoms with Crippen LogP contribution in [0.4, 0.5) is 17.3 Å².